The zero-order valence-electron chi connectivity index (χ0n) is 18.6. The van der Waals surface area contributed by atoms with E-state index in [1.807, 2.05) is 0 Å². The highest BCUT2D eigenvalue weighted by Crippen LogP contribution is 2.13. The first-order valence-electron chi connectivity index (χ1n) is 11.2. The molecule has 0 bridgehead atoms. The Bertz CT molecular complexity index is 719. The number of benzene rings is 1. The Labute approximate surface area is 184 Å². The zero-order valence-corrected chi connectivity index (χ0v) is 18.6. The lowest BCUT2D eigenvalue weighted by Crippen LogP contribution is -2.50. The third-order valence-corrected chi connectivity index (χ3v) is 5.43. The lowest BCUT2D eigenvalue weighted by Gasteiger charge is -2.34. The smallest absolute Gasteiger partial charge is 0.269 e. The normalized spacial score (nSPS) is 22.6. The van der Waals surface area contributed by atoms with Gasteiger partial charge < -0.3 is 20.1 Å². The Balaban J connectivity index is 1.55. The average molecular weight is 434 g/mol. The molecule has 2 aliphatic heterocycles. The molecule has 0 saturated carbocycles. The van der Waals surface area contributed by atoms with Crippen LogP contribution >= 0.6 is 0 Å². The van der Waals surface area contributed by atoms with Gasteiger partial charge in [-0.25, -0.2) is 4.99 Å². The highest BCUT2D eigenvalue weighted by molar-refractivity contribution is 5.79. The summed E-state index contributed by atoms with van der Waals surface area (Å²) < 4.78 is 11.6. The number of hydrogen-bond donors (Lipinski definition) is 2. The SMILES string of the molecule is CC(C)CN1CCOC(CNC(=NCc2ccc([N+](=O)[O-])cc2)NCC2CCCO2)C1. The molecule has 0 amide bonds. The molecule has 0 radical (unpaired) electrons. The summed E-state index contributed by atoms with van der Waals surface area (Å²) in [5, 5.41) is 17.6. The van der Waals surface area contributed by atoms with E-state index in [1.165, 1.54) is 12.1 Å². The second-order valence-corrected chi connectivity index (χ2v) is 8.63. The molecule has 2 N–H and O–H groups in total. The summed E-state index contributed by atoms with van der Waals surface area (Å²) in [5.74, 6) is 1.34. The van der Waals surface area contributed by atoms with Crippen molar-refractivity contribution in [3.63, 3.8) is 0 Å². The van der Waals surface area contributed by atoms with Crippen molar-refractivity contribution < 1.29 is 14.4 Å². The molecule has 2 unspecified atom stereocenters. The highest BCUT2D eigenvalue weighted by Gasteiger charge is 2.21. The van der Waals surface area contributed by atoms with Crippen LogP contribution in [0.25, 0.3) is 0 Å². The van der Waals surface area contributed by atoms with Gasteiger partial charge >= 0.3 is 0 Å². The fourth-order valence-electron chi connectivity index (χ4n) is 3.88. The maximum absolute atomic E-state index is 10.8. The van der Waals surface area contributed by atoms with Crippen LogP contribution in [0, 0.1) is 16.0 Å². The predicted molar refractivity (Wildman–Crippen MR) is 120 cm³/mol. The van der Waals surface area contributed by atoms with E-state index in [0.717, 1.165) is 51.3 Å². The van der Waals surface area contributed by atoms with Crippen molar-refractivity contribution >= 4 is 11.6 Å². The molecule has 2 heterocycles. The molecule has 3 rings (SSSR count). The summed E-state index contributed by atoms with van der Waals surface area (Å²) in [6.07, 6.45) is 2.47. The minimum atomic E-state index is -0.393. The summed E-state index contributed by atoms with van der Waals surface area (Å²) >= 11 is 0. The maximum Gasteiger partial charge on any atom is 0.269 e. The maximum atomic E-state index is 10.8. The van der Waals surface area contributed by atoms with Crippen LogP contribution in [0.15, 0.2) is 29.3 Å². The second kappa shape index (κ2) is 12.0. The van der Waals surface area contributed by atoms with Gasteiger partial charge in [-0.05, 0) is 24.3 Å². The molecule has 2 saturated heterocycles. The number of nitrogens with one attached hydrogen (secondary N) is 2. The number of guanidine groups is 1. The quantitative estimate of drug-likeness (QED) is 0.266. The highest BCUT2D eigenvalue weighted by atomic mass is 16.6. The first-order chi connectivity index (χ1) is 15.0. The minimum absolute atomic E-state index is 0.0861. The number of hydrogen-bond acceptors (Lipinski definition) is 6. The van der Waals surface area contributed by atoms with Gasteiger partial charge in [0.1, 0.15) is 0 Å². The van der Waals surface area contributed by atoms with Gasteiger partial charge in [0.05, 0.1) is 30.3 Å². The third kappa shape index (κ3) is 8.08. The van der Waals surface area contributed by atoms with Gasteiger partial charge in [-0.1, -0.05) is 26.0 Å². The fraction of sp³-hybridized carbons (Fsp3) is 0.682. The van der Waals surface area contributed by atoms with Crippen LogP contribution in [0.4, 0.5) is 5.69 Å². The van der Waals surface area contributed by atoms with Gasteiger partial charge in [0.15, 0.2) is 5.96 Å². The monoisotopic (exact) mass is 433 g/mol. The van der Waals surface area contributed by atoms with Crippen molar-refractivity contribution in [2.24, 2.45) is 10.9 Å². The Hall–Kier alpha value is -2.23. The van der Waals surface area contributed by atoms with Crippen LogP contribution in [0.3, 0.4) is 0 Å². The molecule has 2 aliphatic rings. The number of nitro groups is 1. The molecule has 0 aliphatic carbocycles. The van der Waals surface area contributed by atoms with Crippen LogP contribution in [0.5, 0.6) is 0 Å². The Morgan fingerprint density at radius 3 is 2.55 bits per heavy atom. The van der Waals surface area contributed by atoms with Crippen LogP contribution in [0.2, 0.25) is 0 Å². The molecule has 1 aromatic carbocycles. The second-order valence-electron chi connectivity index (χ2n) is 8.63. The zero-order chi connectivity index (χ0) is 22.1. The number of ether oxygens (including phenoxy) is 2. The van der Waals surface area contributed by atoms with Crippen molar-refractivity contribution in [1.82, 2.24) is 15.5 Å². The molecular weight excluding hydrogens is 398 g/mol. The van der Waals surface area contributed by atoms with Crippen LogP contribution < -0.4 is 10.6 Å². The summed E-state index contributed by atoms with van der Waals surface area (Å²) in [4.78, 5) is 17.6. The molecule has 9 heteroatoms. The number of morpholine rings is 1. The minimum Gasteiger partial charge on any atom is -0.376 e. The first-order valence-corrected chi connectivity index (χ1v) is 11.2. The van der Waals surface area contributed by atoms with Crippen molar-refractivity contribution in [3.05, 3.63) is 39.9 Å². The third-order valence-electron chi connectivity index (χ3n) is 5.43. The van der Waals surface area contributed by atoms with Crippen LogP contribution in [-0.2, 0) is 16.0 Å². The van der Waals surface area contributed by atoms with Crippen LogP contribution in [0.1, 0.15) is 32.3 Å². The van der Waals surface area contributed by atoms with Crippen molar-refractivity contribution in [1.29, 1.82) is 0 Å². The van der Waals surface area contributed by atoms with E-state index in [9.17, 15) is 10.1 Å². The summed E-state index contributed by atoms with van der Waals surface area (Å²) in [6, 6.07) is 6.51. The van der Waals surface area contributed by atoms with E-state index in [1.54, 1.807) is 12.1 Å². The number of nitrogens with zero attached hydrogens (tertiary/aromatic N) is 3. The molecule has 172 valence electrons. The van der Waals surface area contributed by atoms with E-state index in [4.69, 9.17) is 9.47 Å². The van der Waals surface area contributed by atoms with Crippen molar-refractivity contribution in [2.75, 3.05) is 45.9 Å². The van der Waals surface area contributed by atoms with E-state index in [0.29, 0.717) is 31.5 Å². The molecule has 2 atom stereocenters. The van der Waals surface area contributed by atoms with Gasteiger partial charge in [0.25, 0.3) is 5.69 Å². The van der Waals surface area contributed by atoms with Gasteiger partial charge in [0, 0.05) is 51.5 Å². The number of nitro benzene ring substituents is 1. The molecule has 1 aromatic rings. The Morgan fingerprint density at radius 2 is 1.90 bits per heavy atom. The van der Waals surface area contributed by atoms with E-state index in [2.05, 4.69) is 34.4 Å². The van der Waals surface area contributed by atoms with Gasteiger partial charge in [-0.3, -0.25) is 15.0 Å². The summed E-state index contributed by atoms with van der Waals surface area (Å²) in [7, 11) is 0. The lowest BCUT2D eigenvalue weighted by atomic mass is 10.2. The molecule has 0 spiro atoms. The molecular formula is C22H35N5O4. The Morgan fingerprint density at radius 1 is 1.19 bits per heavy atom. The molecule has 31 heavy (non-hydrogen) atoms. The number of non-ortho nitro benzene ring substituents is 1. The van der Waals surface area contributed by atoms with Crippen molar-refractivity contribution in [3.8, 4) is 0 Å². The Kier molecular flexibility index (Phi) is 9.05. The summed E-state index contributed by atoms with van der Waals surface area (Å²) in [6.45, 7) is 10.8. The van der Waals surface area contributed by atoms with E-state index in [-0.39, 0.29) is 17.9 Å². The van der Waals surface area contributed by atoms with E-state index < -0.39 is 4.92 Å². The summed E-state index contributed by atoms with van der Waals surface area (Å²) in [5.41, 5.74) is 1.00. The molecule has 2 fully saturated rings. The van der Waals surface area contributed by atoms with Crippen LogP contribution in [-0.4, -0.2) is 73.9 Å². The topological polar surface area (TPSA) is 101 Å². The fourth-order valence-corrected chi connectivity index (χ4v) is 3.88. The van der Waals surface area contributed by atoms with E-state index >= 15 is 0 Å². The number of rotatable bonds is 9. The largest absolute Gasteiger partial charge is 0.376 e. The van der Waals surface area contributed by atoms with Gasteiger partial charge in [-0.2, -0.15) is 0 Å². The molecule has 0 aromatic heterocycles. The molecule has 9 nitrogen and oxygen atoms in total. The lowest BCUT2D eigenvalue weighted by molar-refractivity contribution is -0.384. The van der Waals surface area contributed by atoms with Gasteiger partial charge in [-0.15, -0.1) is 0 Å². The predicted octanol–water partition coefficient (Wildman–Crippen LogP) is 2.17. The number of aliphatic imine (C=N–C) groups is 1. The van der Waals surface area contributed by atoms with Gasteiger partial charge in [0.2, 0.25) is 0 Å². The first kappa shape index (κ1) is 23.4. The van der Waals surface area contributed by atoms with Crippen molar-refractivity contribution in [2.45, 2.75) is 45.4 Å². The standard InChI is InChI=1S/C22H35N5O4/c1-17(2)15-26-9-11-31-21(16-26)14-25-22(24-13-20-4-3-10-30-20)23-12-18-5-7-19(8-6-18)27(28)29/h5-8,17,20-21H,3-4,9-16H2,1-2H3,(H2,23,24,25). The average Bonchev–Trinajstić information content (AvgIpc) is 3.27.